The highest BCUT2D eigenvalue weighted by Gasteiger charge is 2.28. The number of anilines is 2. The normalized spacial score (nSPS) is 11.5. The molecule has 1 aromatic carbocycles. The van der Waals surface area contributed by atoms with E-state index in [2.05, 4.69) is 19.7 Å². The quantitative estimate of drug-likeness (QED) is 0.572. The number of nitrogens with one attached hydrogen (secondary N) is 1. The lowest BCUT2D eigenvalue weighted by molar-refractivity contribution is 0.602. The van der Waals surface area contributed by atoms with E-state index in [0.29, 0.717) is 17.0 Å². The van der Waals surface area contributed by atoms with E-state index >= 15 is 0 Å². The zero-order valence-corrected chi connectivity index (χ0v) is 14.3. The molecule has 0 spiro atoms. The molecule has 0 radical (unpaired) electrons. The van der Waals surface area contributed by atoms with Crippen molar-refractivity contribution in [2.75, 3.05) is 10.5 Å². The molecule has 0 aliphatic carbocycles. The fraction of sp³-hybridized carbons (Fsp3) is 0. The van der Waals surface area contributed by atoms with Gasteiger partial charge in [-0.25, -0.2) is 18.4 Å². The molecule has 8 nitrogen and oxygen atoms in total. The molecule has 0 fully saturated rings. The molecule has 3 N–H and O–H groups in total. The highest BCUT2D eigenvalue weighted by atomic mass is 32.2. The van der Waals surface area contributed by atoms with Crippen LogP contribution in [0.15, 0.2) is 72.1 Å². The van der Waals surface area contributed by atoms with Crippen LogP contribution < -0.4 is 10.5 Å². The smallest absolute Gasteiger partial charge is 0.267 e. The third kappa shape index (κ3) is 2.64. The van der Waals surface area contributed by atoms with Gasteiger partial charge in [0.25, 0.3) is 10.0 Å². The first-order valence-electron chi connectivity index (χ1n) is 7.67. The Morgan fingerprint density at radius 2 is 1.73 bits per heavy atom. The average molecular weight is 366 g/mol. The van der Waals surface area contributed by atoms with Crippen LogP contribution >= 0.6 is 0 Å². The number of aromatic nitrogens is 4. The van der Waals surface area contributed by atoms with Gasteiger partial charge in [-0.15, -0.1) is 0 Å². The summed E-state index contributed by atoms with van der Waals surface area (Å²) < 4.78 is 30.0. The van der Waals surface area contributed by atoms with E-state index in [-0.39, 0.29) is 16.2 Å². The molecular weight excluding hydrogens is 352 g/mol. The van der Waals surface area contributed by atoms with Crippen LogP contribution in [0.25, 0.3) is 16.9 Å². The van der Waals surface area contributed by atoms with E-state index < -0.39 is 10.0 Å². The van der Waals surface area contributed by atoms with E-state index in [9.17, 15) is 8.42 Å². The van der Waals surface area contributed by atoms with Crippen LogP contribution in [-0.2, 0) is 10.0 Å². The van der Waals surface area contributed by atoms with E-state index in [4.69, 9.17) is 5.73 Å². The first kappa shape index (κ1) is 16.0. The number of nitrogens with two attached hydrogens (primary N) is 1. The number of rotatable bonds is 4. The topological polar surface area (TPSA) is 116 Å². The van der Waals surface area contributed by atoms with Crippen LogP contribution in [0.3, 0.4) is 0 Å². The minimum Gasteiger partial charge on any atom is -0.384 e. The molecule has 0 saturated carbocycles. The first-order chi connectivity index (χ1) is 12.6. The Bertz CT molecular complexity index is 1170. The number of nitrogen functional groups attached to an aromatic ring is 1. The maximum absolute atomic E-state index is 13.0. The van der Waals surface area contributed by atoms with Crippen LogP contribution in [0.1, 0.15) is 0 Å². The van der Waals surface area contributed by atoms with Gasteiger partial charge < -0.3 is 5.73 Å². The van der Waals surface area contributed by atoms with Crippen LogP contribution in [0.4, 0.5) is 11.5 Å². The minimum absolute atomic E-state index is 0.0359. The highest BCUT2D eigenvalue weighted by molar-refractivity contribution is 7.93. The molecule has 3 aromatic heterocycles. The zero-order valence-electron chi connectivity index (χ0n) is 13.4. The van der Waals surface area contributed by atoms with Crippen molar-refractivity contribution in [1.29, 1.82) is 0 Å². The third-order valence-electron chi connectivity index (χ3n) is 3.78. The number of sulfonamides is 1. The number of fused-ring (bicyclic) bond motifs is 1. The van der Waals surface area contributed by atoms with Gasteiger partial charge >= 0.3 is 0 Å². The van der Waals surface area contributed by atoms with Gasteiger partial charge in [-0.3, -0.25) is 14.3 Å². The number of pyridine rings is 1. The van der Waals surface area contributed by atoms with Crippen molar-refractivity contribution >= 4 is 32.7 Å². The van der Waals surface area contributed by atoms with Gasteiger partial charge in [-0.05, 0) is 24.3 Å². The summed E-state index contributed by atoms with van der Waals surface area (Å²) in [5.41, 5.74) is 7.82. The van der Waals surface area contributed by atoms with E-state index in [1.807, 2.05) is 30.3 Å². The molecule has 0 aliphatic rings. The molecular formula is C17H14N6O2S. The van der Waals surface area contributed by atoms with Crippen molar-refractivity contribution in [3.8, 4) is 5.69 Å². The van der Waals surface area contributed by atoms with Gasteiger partial charge in [0.1, 0.15) is 11.3 Å². The second kappa shape index (κ2) is 6.12. The van der Waals surface area contributed by atoms with Crippen LogP contribution in [-0.4, -0.2) is 27.9 Å². The predicted molar refractivity (Wildman–Crippen MR) is 98.3 cm³/mol. The summed E-state index contributed by atoms with van der Waals surface area (Å²) in [5.74, 6) is 0.0359. The third-order valence-corrected chi connectivity index (χ3v) is 5.22. The summed E-state index contributed by atoms with van der Waals surface area (Å²) in [4.78, 5) is 12.3. The number of nitrogens with zero attached hydrogens (tertiary/aromatic N) is 4. The summed E-state index contributed by atoms with van der Waals surface area (Å²) in [7, 11) is -4.00. The molecule has 4 aromatic rings. The lowest BCUT2D eigenvalue weighted by atomic mass is 10.3. The Kier molecular flexibility index (Phi) is 3.77. The molecule has 0 saturated heterocycles. The Hall–Kier alpha value is -3.46. The molecule has 0 aliphatic heterocycles. The Morgan fingerprint density at radius 1 is 0.962 bits per heavy atom. The first-order valence-corrected chi connectivity index (χ1v) is 9.15. The molecule has 26 heavy (non-hydrogen) atoms. The average Bonchev–Trinajstić information content (AvgIpc) is 2.95. The standard InChI is InChI=1S/C17H14N6O2S/c18-16-15(26(24,25)22-12-5-4-8-19-11-12)14-17(21-10-9-20-14)23(16)13-6-2-1-3-7-13/h1-11,22H,18H2. The number of hydrogen-bond donors (Lipinski definition) is 2. The van der Waals surface area contributed by atoms with Crippen molar-refractivity contribution in [2.24, 2.45) is 0 Å². The maximum Gasteiger partial charge on any atom is 0.267 e. The van der Waals surface area contributed by atoms with Gasteiger partial charge in [0.2, 0.25) is 0 Å². The van der Waals surface area contributed by atoms with Gasteiger partial charge in [0.05, 0.1) is 11.9 Å². The predicted octanol–water partition coefficient (Wildman–Crippen LogP) is 2.20. The van der Waals surface area contributed by atoms with Crippen LogP contribution in [0, 0.1) is 0 Å². The fourth-order valence-corrected chi connectivity index (χ4v) is 4.02. The van der Waals surface area contributed by atoms with Crippen molar-refractivity contribution in [3.63, 3.8) is 0 Å². The van der Waals surface area contributed by atoms with Crippen molar-refractivity contribution in [1.82, 2.24) is 19.5 Å². The summed E-state index contributed by atoms with van der Waals surface area (Å²) in [6, 6.07) is 12.4. The summed E-state index contributed by atoms with van der Waals surface area (Å²) >= 11 is 0. The van der Waals surface area contributed by atoms with Crippen LogP contribution in [0.5, 0.6) is 0 Å². The summed E-state index contributed by atoms with van der Waals surface area (Å²) in [5, 5.41) is 0. The van der Waals surface area contributed by atoms with Crippen molar-refractivity contribution in [3.05, 3.63) is 67.3 Å². The molecule has 0 amide bonds. The summed E-state index contributed by atoms with van der Waals surface area (Å²) in [6.07, 6.45) is 5.89. The van der Waals surface area contributed by atoms with Crippen molar-refractivity contribution < 1.29 is 8.42 Å². The lowest BCUT2D eigenvalue weighted by Crippen LogP contribution is -2.15. The monoisotopic (exact) mass is 366 g/mol. The highest BCUT2D eigenvalue weighted by Crippen LogP contribution is 2.33. The number of hydrogen-bond acceptors (Lipinski definition) is 6. The summed E-state index contributed by atoms with van der Waals surface area (Å²) in [6.45, 7) is 0. The van der Waals surface area contributed by atoms with Gasteiger partial charge in [-0.1, -0.05) is 18.2 Å². The van der Waals surface area contributed by atoms with E-state index in [0.717, 1.165) is 0 Å². The number of para-hydroxylation sites is 1. The maximum atomic E-state index is 13.0. The SMILES string of the molecule is Nc1c(S(=O)(=O)Nc2cccnc2)c2nccnc2n1-c1ccccc1. The van der Waals surface area contributed by atoms with Crippen molar-refractivity contribution in [2.45, 2.75) is 4.90 Å². The second-order valence-corrected chi connectivity index (χ2v) is 7.08. The zero-order chi connectivity index (χ0) is 18.1. The Balaban J connectivity index is 1.95. The second-order valence-electron chi connectivity index (χ2n) is 5.46. The van der Waals surface area contributed by atoms with Crippen LogP contribution in [0.2, 0.25) is 0 Å². The molecule has 130 valence electrons. The van der Waals surface area contributed by atoms with Gasteiger partial charge in [0, 0.05) is 24.3 Å². The molecule has 0 atom stereocenters. The van der Waals surface area contributed by atoms with E-state index in [1.54, 1.807) is 22.9 Å². The lowest BCUT2D eigenvalue weighted by Gasteiger charge is -2.09. The Labute approximate surface area is 149 Å². The molecule has 0 bridgehead atoms. The molecule has 4 rings (SSSR count). The largest absolute Gasteiger partial charge is 0.384 e. The fourth-order valence-electron chi connectivity index (χ4n) is 2.72. The Morgan fingerprint density at radius 3 is 2.46 bits per heavy atom. The number of benzene rings is 1. The van der Waals surface area contributed by atoms with E-state index in [1.165, 1.54) is 18.6 Å². The van der Waals surface area contributed by atoms with Gasteiger partial charge in [0.15, 0.2) is 10.5 Å². The molecule has 0 unspecified atom stereocenters. The molecule has 9 heteroatoms. The minimum atomic E-state index is -4.00. The molecule has 3 heterocycles. The van der Waals surface area contributed by atoms with Gasteiger partial charge in [-0.2, -0.15) is 0 Å².